The van der Waals surface area contributed by atoms with Crippen molar-refractivity contribution in [3.63, 3.8) is 0 Å². The molecule has 4 atom stereocenters. The zero-order valence-corrected chi connectivity index (χ0v) is 14.2. The summed E-state index contributed by atoms with van der Waals surface area (Å²) in [5, 5.41) is 6.79. The van der Waals surface area contributed by atoms with Crippen molar-refractivity contribution in [1.82, 2.24) is 10.6 Å². The van der Waals surface area contributed by atoms with Gasteiger partial charge in [-0.05, 0) is 52.4 Å². The molecule has 2 saturated carbocycles. The molecule has 2 aliphatic carbocycles. The van der Waals surface area contributed by atoms with Crippen LogP contribution < -0.4 is 10.6 Å². The van der Waals surface area contributed by atoms with Gasteiger partial charge in [-0.3, -0.25) is 0 Å². The normalized spacial score (nSPS) is 40.9. The molecular formula is C17H30N2O3. The lowest BCUT2D eigenvalue weighted by atomic mass is 9.67. The second-order valence-electron chi connectivity index (χ2n) is 8.28. The number of carbonyl (C=O) groups excluding carboxylic acids is 1. The van der Waals surface area contributed by atoms with E-state index in [4.69, 9.17) is 9.47 Å². The minimum Gasteiger partial charge on any atom is -0.444 e. The zero-order valence-electron chi connectivity index (χ0n) is 14.2. The van der Waals surface area contributed by atoms with Crippen LogP contribution in [0.25, 0.3) is 0 Å². The van der Waals surface area contributed by atoms with Gasteiger partial charge in [0.1, 0.15) is 5.60 Å². The van der Waals surface area contributed by atoms with Crippen LogP contribution in [0.15, 0.2) is 0 Å². The minimum atomic E-state index is -0.456. The van der Waals surface area contributed by atoms with E-state index in [0.717, 1.165) is 25.4 Å². The van der Waals surface area contributed by atoms with Crippen LogP contribution >= 0.6 is 0 Å². The van der Waals surface area contributed by atoms with E-state index < -0.39 is 5.60 Å². The minimum absolute atomic E-state index is 0.135. The van der Waals surface area contributed by atoms with Gasteiger partial charge in [-0.15, -0.1) is 0 Å². The van der Waals surface area contributed by atoms with Crippen LogP contribution in [-0.4, -0.2) is 42.5 Å². The summed E-state index contributed by atoms with van der Waals surface area (Å²) in [6.45, 7) is 8.82. The van der Waals surface area contributed by atoms with Crippen LogP contribution in [0.2, 0.25) is 0 Å². The maximum absolute atomic E-state index is 12.1. The average Bonchev–Trinajstić information content (AvgIpc) is 2.38. The van der Waals surface area contributed by atoms with E-state index >= 15 is 0 Å². The van der Waals surface area contributed by atoms with Crippen molar-refractivity contribution in [2.45, 2.75) is 83.2 Å². The van der Waals surface area contributed by atoms with Gasteiger partial charge in [0, 0.05) is 18.6 Å². The Morgan fingerprint density at radius 2 is 1.95 bits per heavy atom. The summed E-state index contributed by atoms with van der Waals surface area (Å²) in [6, 6.07) is 0.945. The predicted octanol–water partition coefficient (Wildman–Crippen LogP) is 2.45. The fraction of sp³-hybridized carbons (Fsp3) is 0.941. The highest BCUT2D eigenvalue weighted by molar-refractivity contribution is 5.68. The first-order valence-electron chi connectivity index (χ1n) is 8.70. The largest absolute Gasteiger partial charge is 0.444 e. The number of nitrogens with one attached hydrogen (secondary N) is 2. The molecule has 1 saturated heterocycles. The van der Waals surface area contributed by atoms with Crippen LogP contribution in [0.4, 0.5) is 4.79 Å². The van der Waals surface area contributed by atoms with Crippen molar-refractivity contribution >= 4 is 6.09 Å². The summed E-state index contributed by atoms with van der Waals surface area (Å²) in [4.78, 5) is 12.1. The van der Waals surface area contributed by atoms with Crippen molar-refractivity contribution in [2.24, 2.45) is 11.8 Å². The number of fused-ring (bicyclic) bond motifs is 1. The highest BCUT2D eigenvalue weighted by Gasteiger charge is 2.54. The molecule has 0 spiro atoms. The third kappa shape index (κ3) is 3.40. The van der Waals surface area contributed by atoms with Gasteiger partial charge in [-0.1, -0.05) is 6.92 Å². The Balaban J connectivity index is 1.57. The van der Waals surface area contributed by atoms with E-state index in [2.05, 4.69) is 17.6 Å². The Morgan fingerprint density at radius 1 is 1.23 bits per heavy atom. The van der Waals surface area contributed by atoms with Gasteiger partial charge in [0.05, 0.1) is 18.2 Å². The zero-order chi connectivity index (χ0) is 15.9. The Morgan fingerprint density at radius 3 is 2.59 bits per heavy atom. The molecule has 0 bridgehead atoms. The fourth-order valence-electron chi connectivity index (χ4n) is 4.05. The number of hydrogen-bond donors (Lipinski definition) is 2. The fourth-order valence-corrected chi connectivity index (χ4v) is 4.05. The maximum Gasteiger partial charge on any atom is 0.407 e. The third-order valence-corrected chi connectivity index (χ3v) is 5.10. The van der Waals surface area contributed by atoms with Crippen LogP contribution in [0.3, 0.4) is 0 Å². The van der Waals surface area contributed by atoms with Gasteiger partial charge in [-0.25, -0.2) is 4.79 Å². The van der Waals surface area contributed by atoms with Gasteiger partial charge < -0.3 is 20.1 Å². The molecule has 22 heavy (non-hydrogen) atoms. The lowest BCUT2D eigenvalue weighted by Gasteiger charge is -2.56. The van der Waals surface area contributed by atoms with Crippen molar-refractivity contribution in [2.75, 3.05) is 6.61 Å². The predicted molar refractivity (Wildman–Crippen MR) is 84.7 cm³/mol. The molecule has 3 rings (SSSR count). The summed E-state index contributed by atoms with van der Waals surface area (Å²) in [5.74, 6) is 1.24. The van der Waals surface area contributed by atoms with Gasteiger partial charge in [-0.2, -0.15) is 0 Å². The molecule has 5 heteroatoms. The highest BCUT2D eigenvalue weighted by atomic mass is 16.6. The number of ether oxygens (including phenoxy) is 2. The highest BCUT2D eigenvalue weighted by Crippen LogP contribution is 2.40. The molecule has 4 unspecified atom stereocenters. The SMILES string of the molecule is CC1CC(NC2C(NC(=O)OC(C)(C)C)C3CCCOC32)C1. The monoisotopic (exact) mass is 310 g/mol. The summed E-state index contributed by atoms with van der Waals surface area (Å²) < 4.78 is 11.4. The van der Waals surface area contributed by atoms with Crippen LogP contribution in [0.5, 0.6) is 0 Å². The lowest BCUT2D eigenvalue weighted by Crippen LogP contribution is -2.74. The maximum atomic E-state index is 12.1. The Labute approximate surface area is 133 Å². The standard InChI is InChI=1S/C17H30N2O3/c1-10-8-11(9-10)18-14-13(12-6-5-7-21-15(12)14)19-16(20)22-17(2,3)4/h10-15,18H,5-9H2,1-4H3,(H,19,20). The quantitative estimate of drug-likeness (QED) is 0.840. The molecule has 3 aliphatic rings. The second-order valence-corrected chi connectivity index (χ2v) is 8.28. The molecule has 126 valence electrons. The third-order valence-electron chi connectivity index (χ3n) is 5.10. The van der Waals surface area contributed by atoms with Crippen LogP contribution in [0.1, 0.15) is 53.4 Å². The van der Waals surface area contributed by atoms with E-state index in [1.54, 1.807) is 0 Å². The molecule has 0 aromatic heterocycles. The van der Waals surface area contributed by atoms with E-state index in [0.29, 0.717) is 12.0 Å². The van der Waals surface area contributed by atoms with Gasteiger partial charge in [0.2, 0.25) is 0 Å². The van der Waals surface area contributed by atoms with Crippen LogP contribution in [-0.2, 0) is 9.47 Å². The molecule has 2 N–H and O–H groups in total. The van der Waals surface area contributed by atoms with E-state index in [1.807, 2.05) is 20.8 Å². The molecule has 1 heterocycles. The van der Waals surface area contributed by atoms with Crippen molar-refractivity contribution in [3.8, 4) is 0 Å². The molecule has 3 fully saturated rings. The lowest BCUT2D eigenvalue weighted by molar-refractivity contribution is -0.133. The van der Waals surface area contributed by atoms with Crippen molar-refractivity contribution in [1.29, 1.82) is 0 Å². The second kappa shape index (κ2) is 6.00. The number of amides is 1. The molecule has 0 aromatic rings. The topological polar surface area (TPSA) is 59.6 Å². The number of alkyl carbamates (subject to hydrolysis) is 1. The number of hydrogen-bond acceptors (Lipinski definition) is 4. The first kappa shape index (κ1) is 16.1. The molecule has 0 radical (unpaired) electrons. The molecule has 0 aromatic carbocycles. The molecular weight excluding hydrogens is 280 g/mol. The Bertz CT molecular complexity index is 415. The van der Waals surface area contributed by atoms with Crippen molar-refractivity contribution in [3.05, 3.63) is 0 Å². The van der Waals surface area contributed by atoms with E-state index in [9.17, 15) is 4.79 Å². The molecule has 1 aliphatic heterocycles. The Kier molecular flexibility index (Phi) is 4.38. The van der Waals surface area contributed by atoms with E-state index in [-0.39, 0.29) is 24.3 Å². The molecule has 1 amide bonds. The van der Waals surface area contributed by atoms with Gasteiger partial charge in [0.15, 0.2) is 0 Å². The van der Waals surface area contributed by atoms with Gasteiger partial charge in [0.25, 0.3) is 0 Å². The first-order valence-corrected chi connectivity index (χ1v) is 8.70. The Hall–Kier alpha value is -0.810. The number of carbonyl (C=O) groups is 1. The average molecular weight is 310 g/mol. The smallest absolute Gasteiger partial charge is 0.407 e. The first-order chi connectivity index (χ1) is 10.3. The van der Waals surface area contributed by atoms with Crippen LogP contribution in [0, 0.1) is 11.8 Å². The summed E-state index contributed by atoms with van der Waals surface area (Å²) in [5.41, 5.74) is -0.456. The van der Waals surface area contributed by atoms with E-state index in [1.165, 1.54) is 12.8 Å². The number of rotatable bonds is 3. The summed E-state index contributed by atoms with van der Waals surface area (Å²) in [7, 11) is 0. The van der Waals surface area contributed by atoms with Gasteiger partial charge >= 0.3 is 6.09 Å². The van der Waals surface area contributed by atoms with Crippen molar-refractivity contribution < 1.29 is 14.3 Å². The molecule has 5 nitrogen and oxygen atoms in total. The summed E-state index contributed by atoms with van der Waals surface area (Å²) in [6.07, 6.45) is 4.62. The summed E-state index contributed by atoms with van der Waals surface area (Å²) >= 11 is 0.